The van der Waals surface area contributed by atoms with Gasteiger partial charge in [0.1, 0.15) is 6.04 Å². The zero-order valence-electron chi connectivity index (χ0n) is 9.45. The average Bonchev–Trinajstić information content (AvgIpc) is 2.34. The number of hydrogen-bond donors (Lipinski definition) is 3. The van der Waals surface area contributed by atoms with Gasteiger partial charge in [-0.15, -0.1) is 0 Å². The molecule has 0 heterocycles. The van der Waals surface area contributed by atoms with Gasteiger partial charge in [-0.05, 0) is 12.0 Å². The Balaban J connectivity index is 2.91. The first-order chi connectivity index (χ1) is 8.56. The molecule has 18 heavy (non-hydrogen) atoms. The Hall–Kier alpha value is -2.37. The van der Waals surface area contributed by atoms with Crippen LogP contribution in [-0.2, 0) is 20.8 Å². The van der Waals surface area contributed by atoms with Crippen molar-refractivity contribution in [1.29, 1.82) is 0 Å². The predicted octanol–water partition coefficient (Wildman–Crippen LogP) is 0.129. The summed E-state index contributed by atoms with van der Waals surface area (Å²) in [4.78, 5) is 32.4. The maximum atomic E-state index is 11.1. The van der Waals surface area contributed by atoms with E-state index in [1.54, 1.807) is 30.3 Å². The fourth-order valence-corrected chi connectivity index (χ4v) is 1.65. The quantitative estimate of drug-likeness (QED) is 0.597. The van der Waals surface area contributed by atoms with Crippen LogP contribution in [0.5, 0.6) is 0 Å². The molecule has 1 aromatic rings. The van der Waals surface area contributed by atoms with E-state index in [-0.39, 0.29) is 12.8 Å². The zero-order valence-corrected chi connectivity index (χ0v) is 9.45. The second-order valence-electron chi connectivity index (χ2n) is 3.73. The van der Waals surface area contributed by atoms with Gasteiger partial charge in [-0.3, -0.25) is 9.59 Å². The lowest BCUT2D eigenvalue weighted by Gasteiger charge is -2.19. The van der Waals surface area contributed by atoms with Gasteiger partial charge in [0.25, 0.3) is 0 Å². The number of carbonyl (C=O) groups is 3. The second-order valence-corrected chi connectivity index (χ2v) is 3.73. The van der Waals surface area contributed by atoms with Crippen molar-refractivity contribution in [3.05, 3.63) is 35.9 Å². The van der Waals surface area contributed by atoms with Crippen LogP contribution in [-0.4, -0.2) is 34.6 Å². The number of rotatable bonds is 7. The third-order valence-corrected chi connectivity index (χ3v) is 2.53. The molecule has 1 amide bonds. The number of carboxylic acid groups (broad SMARTS) is 2. The number of benzene rings is 1. The standard InChI is InChI=1S/C12H13NO5/c14-7-13-10(12(17)18)9(11(15)16)6-8-4-2-1-3-5-8/h1-5,7,9-10H,6H2,(H,13,14)(H,15,16)(H,17,18)/t9?,10-/m0/s1. The molecule has 1 aromatic carbocycles. The molecule has 0 radical (unpaired) electrons. The average molecular weight is 251 g/mol. The van der Waals surface area contributed by atoms with E-state index in [0.717, 1.165) is 0 Å². The Morgan fingerprint density at radius 2 is 1.78 bits per heavy atom. The molecule has 0 aromatic heterocycles. The maximum Gasteiger partial charge on any atom is 0.327 e. The Labute approximate surface area is 103 Å². The summed E-state index contributed by atoms with van der Waals surface area (Å²) in [5.41, 5.74) is 0.698. The normalized spacial score (nSPS) is 13.3. The van der Waals surface area contributed by atoms with Crippen molar-refractivity contribution in [2.45, 2.75) is 12.5 Å². The van der Waals surface area contributed by atoms with E-state index in [2.05, 4.69) is 0 Å². The van der Waals surface area contributed by atoms with Crippen molar-refractivity contribution in [2.24, 2.45) is 5.92 Å². The fourth-order valence-electron chi connectivity index (χ4n) is 1.65. The van der Waals surface area contributed by atoms with Gasteiger partial charge in [-0.2, -0.15) is 0 Å². The molecule has 0 bridgehead atoms. The molecule has 0 saturated heterocycles. The van der Waals surface area contributed by atoms with Gasteiger partial charge in [0.15, 0.2) is 0 Å². The molecule has 6 heteroatoms. The monoisotopic (exact) mass is 251 g/mol. The summed E-state index contributed by atoms with van der Waals surface area (Å²) in [5, 5.41) is 20.0. The van der Waals surface area contributed by atoms with Gasteiger partial charge in [0.2, 0.25) is 6.41 Å². The first kappa shape index (κ1) is 13.7. The number of amides is 1. The Kier molecular flexibility index (Phi) is 4.86. The number of carbonyl (C=O) groups excluding carboxylic acids is 1. The molecule has 0 fully saturated rings. The Morgan fingerprint density at radius 1 is 1.17 bits per heavy atom. The summed E-state index contributed by atoms with van der Waals surface area (Å²) < 4.78 is 0. The van der Waals surface area contributed by atoms with Crippen molar-refractivity contribution >= 4 is 18.3 Å². The van der Waals surface area contributed by atoms with E-state index in [9.17, 15) is 14.4 Å². The van der Waals surface area contributed by atoms with Gasteiger partial charge in [-0.1, -0.05) is 30.3 Å². The molecule has 0 aliphatic rings. The van der Waals surface area contributed by atoms with Crippen LogP contribution in [0.15, 0.2) is 30.3 Å². The molecule has 6 nitrogen and oxygen atoms in total. The highest BCUT2D eigenvalue weighted by Gasteiger charge is 2.33. The molecule has 0 saturated carbocycles. The molecule has 0 aliphatic heterocycles. The zero-order chi connectivity index (χ0) is 13.5. The first-order valence-electron chi connectivity index (χ1n) is 5.25. The summed E-state index contributed by atoms with van der Waals surface area (Å²) in [6, 6.07) is 7.21. The molecule has 0 spiro atoms. The molecule has 3 N–H and O–H groups in total. The van der Waals surface area contributed by atoms with E-state index in [4.69, 9.17) is 10.2 Å². The van der Waals surface area contributed by atoms with Gasteiger partial charge < -0.3 is 15.5 Å². The lowest BCUT2D eigenvalue weighted by atomic mass is 9.92. The topological polar surface area (TPSA) is 104 Å². The van der Waals surface area contributed by atoms with E-state index >= 15 is 0 Å². The summed E-state index contributed by atoms with van der Waals surface area (Å²) in [7, 11) is 0. The molecular weight excluding hydrogens is 238 g/mol. The van der Waals surface area contributed by atoms with Crippen LogP contribution in [0.4, 0.5) is 0 Å². The molecule has 1 rings (SSSR count). The number of aliphatic carboxylic acids is 2. The first-order valence-corrected chi connectivity index (χ1v) is 5.25. The summed E-state index contributed by atoms with van der Waals surface area (Å²) >= 11 is 0. The van der Waals surface area contributed by atoms with Crippen LogP contribution < -0.4 is 5.32 Å². The largest absolute Gasteiger partial charge is 0.481 e. The third kappa shape index (κ3) is 3.58. The van der Waals surface area contributed by atoms with E-state index < -0.39 is 23.9 Å². The molecule has 0 aliphatic carbocycles. The number of nitrogens with one attached hydrogen (secondary N) is 1. The van der Waals surface area contributed by atoms with Crippen LogP contribution in [0.3, 0.4) is 0 Å². The fraction of sp³-hybridized carbons (Fsp3) is 0.250. The Morgan fingerprint density at radius 3 is 2.22 bits per heavy atom. The van der Waals surface area contributed by atoms with E-state index in [1.807, 2.05) is 5.32 Å². The smallest absolute Gasteiger partial charge is 0.327 e. The van der Waals surface area contributed by atoms with E-state index in [1.165, 1.54) is 0 Å². The predicted molar refractivity (Wildman–Crippen MR) is 61.9 cm³/mol. The van der Waals surface area contributed by atoms with Crippen LogP contribution in [0.25, 0.3) is 0 Å². The summed E-state index contributed by atoms with van der Waals surface area (Å²) in [6.45, 7) is 0. The van der Waals surface area contributed by atoms with Gasteiger partial charge >= 0.3 is 11.9 Å². The molecular formula is C12H13NO5. The van der Waals surface area contributed by atoms with Crippen LogP contribution in [0.1, 0.15) is 5.56 Å². The van der Waals surface area contributed by atoms with Crippen molar-refractivity contribution in [3.63, 3.8) is 0 Å². The lowest BCUT2D eigenvalue weighted by molar-refractivity contribution is -0.151. The van der Waals surface area contributed by atoms with Crippen molar-refractivity contribution in [2.75, 3.05) is 0 Å². The minimum absolute atomic E-state index is 0.0357. The minimum atomic E-state index is -1.44. The SMILES string of the molecule is O=CN[C@H](C(=O)O)C(Cc1ccccc1)C(=O)O. The maximum absolute atomic E-state index is 11.1. The summed E-state index contributed by atoms with van der Waals surface area (Å²) in [6.07, 6.45) is 0.230. The van der Waals surface area contributed by atoms with Crippen molar-refractivity contribution < 1.29 is 24.6 Å². The Bertz CT molecular complexity index is 431. The summed E-state index contributed by atoms with van der Waals surface area (Å²) in [5.74, 6) is -3.85. The highest BCUT2D eigenvalue weighted by atomic mass is 16.4. The van der Waals surface area contributed by atoms with Gasteiger partial charge in [-0.25, -0.2) is 4.79 Å². The minimum Gasteiger partial charge on any atom is -0.481 e. The molecule has 96 valence electrons. The third-order valence-electron chi connectivity index (χ3n) is 2.53. The van der Waals surface area contributed by atoms with Crippen LogP contribution >= 0.6 is 0 Å². The highest BCUT2D eigenvalue weighted by molar-refractivity contribution is 5.84. The highest BCUT2D eigenvalue weighted by Crippen LogP contribution is 2.13. The van der Waals surface area contributed by atoms with Crippen molar-refractivity contribution in [1.82, 2.24) is 5.32 Å². The number of carboxylic acids is 2. The van der Waals surface area contributed by atoms with Gasteiger partial charge in [0, 0.05) is 0 Å². The second kappa shape index (κ2) is 6.39. The van der Waals surface area contributed by atoms with Crippen molar-refractivity contribution in [3.8, 4) is 0 Å². The van der Waals surface area contributed by atoms with Crippen LogP contribution in [0.2, 0.25) is 0 Å². The molecule has 2 atom stereocenters. The lowest BCUT2D eigenvalue weighted by Crippen LogP contribution is -2.46. The molecule has 1 unspecified atom stereocenters. The van der Waals surface area contributed by atoms with E-state index in [0.29, 0.717) is 5.56 Å². The van der Waals surface area contributed by atoms with Crippen LogP contribution in [0, 0.1) is 5.92 Å². The van der Waals surface area contributed by atoms with Gasteiger partial charge in [0.05, 0.1) is 5.92 Å². The number of hydrogen-bond acceptors (Lipinski definition) is 3.